The fraction of sp³-hybridized carbons (Fsp3) is 0.304. The maximum absolute atomic E-state index is 12.6. The van der Waals surface area contributed by atoms with Gasteiger partial charge in [0, 0.05) is 30.0 Å². The Kier molecular flexibility index (Phi) is 5.61. The molecule has 1 unspecified atom stereocenters. The van der Waals surface area contributed by atoms with Gasteiger partial charge in [-0.3, -0.25) is 9.79 Å². The van der Waals surface area contributed by atoms with Crippen LogP contribution in [0.1, 0.15) is 51.9 Å². The van der Waals surface area contributed by atoms with Gasteiger partial charge in [-0.1, -0.05) is 6.07 Å². The zero-order valence-corrected chi connectivity index (χ0v) is 17.4. The summed E-state index contributed by atoms with van der Waals surface area (Å²) >= 11 is 0. The van der Waals surface area contributed by atoms with Gasteiger partial charge in [-0.25, -0.2) is 9.97 Å². The number of aryl methyl sites for hydroxylation is 3. The average molecular weight is 403 g/mol. The summed E-state index contributed by atoms with van der Waals surface area (Å²) in [5.74, 6) is 1.98. The monoisotopic (exact) mass is 403 g/mol. The number of carbonyl (C=O) groups is 1. The van der Waals surface area contributed by atoms with Gasteiger partial charge in [0.1, 0.15) is 11.5 Å². The summed E-state index contributed by atoms with van der Waals surface area (Å²) < 4.78 is 5.46. The number of rotatable bonds is 5. The lowest BCUT2D eigenvalue weighted by atomic mass is 9.98. The van der Waals surface area contributed by atoms with Crippen molar-refractivity contribution in [3.05, 3.63) is 64.9 Å². The summed E-state index contributed by atoms with van der Waals surface area (Å²) in [6.07, 6.45) is 5.78. The van der Waals surface area contributed by atoms with Crippen LogP contribution in [0.5, 0.6) is 0 Å². The van der Waals surface area contributed by atoms with Crippen molar-refractivity contribution in [1.29, 1.82) is 0 Å². The summed E-state index contributed by atoms with van der Waals surface area (Å²) in [6.45, 7) is 6.37. The van der Waals surface area contributed by atoms with Crippen LogP contribution >= 0.6 is 0 Å². The molecule has 4 rings (SSSR count). The van der Waals surface area contributed by atoms with E-state index in [1.807, 2.05) is 44.3 Å². The maximum atomic E-state index is 12.6. The summed E-state index contributed by atoms with van der Waals surface area (Å²) in [4.78, 5) is 26.0. The minimum atomic E-state index is -0.199. The summed E-state index contributed by atoms with van der Waals surface area (Å²) in [7, 11) is 0. The Morgan fingerprint density at radius 2 is 2.03 bits per heavy atom. The van der Waals surface area contributed by atoms with Crippen LogP contribution in [0, 0.1) is 20.8 Å². The highest BCUT2D eigenvalue weighted by molar-refractivity contribution is 6.05. The van der Waals surface area contributed by atoms with Gasteiger partial charge >= 0.3 is 0 Å². The molecule has 7 nitrogen and oxygen atoms in total. The van der Waals surface area contributed by atoms with Gasteiger partial charge < -0.3 is 15.1 Å². The predicted molar refractivity (Wildman–Crippen MR) is 118 cm³/mol. The number of hydrogen-bond donors (Lipinski definition) is 2. The summed E-state index contributed by atoms with van der Waals surface area (Å²) in [5, 5.41) is 6.22. The SMILES string of the molecule is Cc1cc(C(=O)Nc2ccc(C)c(Nc3nccc(C4CCC=NC4)n3)c2)c(C)o1. The van der Waals surface area contributed by atoms with Gasteiger partial charge in [0.05, 0.1) is 11.3 Å². The number of benzene rings is 1. The zero-order valence-electron chi connectivity index (χ0n) is 17.4. The number of hydrogen-bond acceptors (Lipinski definition) is 6. The molecule has 0 radical (unpaired) electrons. The summed E-state index contributed by atoms with van der Waals surface area (Å²) in [5.41, 5.74) is 4.08. The van der Waals surface area contributed by atoms with E-state index in [0.717, 1.165) is 36.3 Å². The van der Waals surface area contributed by atoms with Crippen LogP contribution in [-0.2, 0) is 0 Å². The van der Waals surface area contributed by atoms with Crippen LogP contribution in [0.25, 0.3) is 0 Å². The minimum absolute atomic E-state index is 0.199. The molecule has 0 aliphatic carbocycles. The van der Waals surface area contributed by atoms with Crippen molar-refractivity contribution in [2.24, 2.45) is 4.99 Å². The van der Waals surface area contributed by atoms with Crippen LogP contribution in [0.2, 0.25) is 0 Å². The quantitative estimate of drug-likeness (QED) is 0.629. The number of amides is 1. The Balaban J connectivity index is 1.52. The van der Waals surface area contributed by atoms with E-state index in [0.29, 0.717) is 34.6 Å². The van der Waals surface area contributed by atoms with Crippen LogP contribution in [0.3, 0.4) is 0 Å². The third kappa shape index (κ3) is 4.40. The van der Waals surface area contributed by atoms with Crippen molar-refractivity contribution in [3.8, 4) is 0 Å². The third-order valence-corrected chi connectivity index (χ3v) is 5.22. The largest absolute Gasteiger partial charge is 0.466 e. The molecular weight excluding hydrogens is 378 g/mol. The van der Waals surface area contributed by atoms with Crippen molar-refractivity contribution in [2.45, 2.75) is 39.5 Å². The van der Waals surface area contributed by atoms with Crippen molar-refractivity contribution < 1.29 is 9.21 Å². The van der Waals surface area contributed by atoms with Gasteiger partial charge in [0.2, 0.25) is 5.95 Å². The van der Waals surface area contributed by atoms with Crippen molar-refractivity contribution >= 4 is 29.4 Å². The second kappa shape index (κ2) is 8.49. The predicted octanol–water partition coefficient (Wildman–Crippen LogP) is 4.94. The first-order valence-electron chi connectivity index (χ1n) is 10.1. The fourth-order valence-corrected chi connectivity index (χ4v) is 3.57. The lowest BCUT2D eigenvalue weighted by Crippen LogP contribution is -2.13. The molecule has 0 saturated heterocycles. The van der Waals surface area contributed by atoms with Gasteiger partial charge in [-0.15, -0.1) is 0 Å². The molecule has 1 aromatic carbocycles. The summed E-state index contributed by atoms with van der Waals surface area (Å²) in [6, 6.07) is 9.40. The fourth-order valence-electron chi connectivity index (χ4n) is 3.57. The molecule has 1 atom stereocenters. The van der Waals surface area contributed by atoms with Crippen molar-refractivity contribution in [1.82, 2.24) is 9.97 Å². The molecule has 154 valence electrons. The standard InChI is InChI=1S/C23H25N5O2/c1-14-6-7-18(26-22(29)19-11-15(2)30-16(19)3)12-21(14)28-23-25-10-8-20(27-23)17-5-4-9-24-13-17/h6-12,17H,4-5,13H2,1-3H3,(H,26,29)(H,25,27,28). The molecule has 0 bridgehead atoms. The van der Waals surface area contributed by atoms with Crippen LogP contribution < -0.4 is 10.6 Å². The Morgan fingerprint density at radius 1 is 1.17 bits per heavy atom. The van der Waals surface area contributed by atoms with Crippen molar-refractivity contribution in [2.75, 3.05) is 17.2 Å². The van der Waals surface area contributed by atoms with Gasteiger partial charge in [-0.2, -0.15) is 0 Å². The Labute approximate surface area is 175 Å². The Morgan fingerprint density at radius 3 is 2.77 bits per heavy atom. The minimum Gasteiger partial charge on any atom is -0.466 e. The first-order valence-corrected chi connectivity index (χ1v) is 10.1. The highest BCUT2D eigenvalue weighted by Crippen LogP contribution is 2.26. The van der Waals surface area contributed by atoms with E-state index in [9.17, 15) is 4.79 Å². The van der Waals surface area contributed by atoms with Gasteiger partial charge in [-0.05, 0) is 69.7 Å². The first-order chi connectivity index (χ1) is 14.5. The molecule has 7 heteroatoms. The molecule has 3 heterocycles. The molecule has 0 saturated carbocycles. The average Bonchev–Trinajstić information content (AvgIpc) is 3.09. The van der Waals surface area contributed by atoms with Crippen LogP contribution in [-0.4, -0.2) is 28.6 Å². The number of aliphatic imine (C=N–C) groups is 1. The number of nitrogens with zero attached hydrogens (tertiary/aromatic N) is 3. The van der Waals surface area contributed by atoms with E-state index in [2.05, 4.69) is 25.6 Å². The normalized spacial score (nSPS) is 15.8. The number of aromatic nitrogens is 2. The molecule has 2 aromatic heterocycles. The Hall–Kier alpha value is -3.48. The molecule has 1 aliphatic heterocycles. The molecule has 0 spiro atoms. The molecule has 0 fully saturated rings. The van der Waals surface area contributed by atoms with Crippen LogP contribution in [0.4, 0.5) is 17.3 Å². The van der Waals surface area contributed by atoms with E-state index in [4.69, 9.17) is 4.42 Å². The van der Waals surface area contributed by atoms with E-state index in [1.165, 1.54) is 0 Å². The van der Waals surface area contributed by atoms with Gasteiger partial charge in [0.25, 0.3) is 5.91 Å². The van der Waals surface area contributed by atoms with Crippen molar-refractivity contribution in [3.63, 3.8) is 0 Å². The first kappa shape index (κ1) is 19.8. The highest BCUT2D eigenvalue weighted by Gasteiger charge is 2.16. The Bertz CT molecular complexity index is 1100. The van der Waals surface area contributed by atoms with Crippen LogP contribution in [0.15, 0.2) is 45.9 Å². The third-order valence-electron chi connectivity index (χ3n) is 5.22. The van der Waals surface area contributed by atoms with Gasteiger partial charge in [0.15, 0.2) is 0 Å². The topological polar surface area (TPSA) is 92.4 Å². The molecule has 1 amide bonds. The molecule has 2 N–H and O–H groups in total. The smallest absolute Gasteiger partial charge is 0.259 e. The molecule has 3 aromatic rings. The lowest BCUT2D eigenvalue weighted by Gasteiger charge is -2.17. The number of carbonyl (C=O) groups excluding carboxylic acids is 1. The maximum Gasteiger partial charge on any atom is 0.259 e. The number of anilines is 3. The molecular formula is C23H25N5O2. The van der Waals surface area contributed by atoms with E-state index in [1.54, 1.807) is 19.2 Å². The zero-order chi connectivity index (χ0) is 21.1. The highest BCUT2D eigenvalue weighted by atomic mass is 16.3. The molecule has 30 heavy (non-hydrogen) atoms. The van der Waals surface area contributed by atoms with E-state index < -0.39 is 0 Å². The van der Waals surface area contributed by atoms with E-state index in [-0.39, 0.29) is 5.91 Å². The number of furan rings is 1. The molecule has 1 aliphatic rings. The second-order valence-corrected chi connectivity index (χ2v) is 7.56. The second-order valence-electron chi connectivity index (χ2n) is 7.56. The number of nitrogens with one attached hydrogen (secondary N) is 2. The van der Waals surface area contributed by atoms with E-state index >= 15 is 0 Å². The lowest BCUT2D eigenvalue weighted by molar-refractivity contribution is 0.102.